The first-order chi connectivity index (χ1) is 13.8. The summed E-state index contributed by atoms with van der Waals surface area (Å²) in [5.74, 6) is -0.0174. The van der Waals surface area contributed by atoms with Crippen molar-refractivity contribution in [3.63, 3.8) is 0 Å². The van der Waals surface area contributed by atoms with E-state index >= 15 is 0 Å². The monoisotopic (exact) mass is 412 g/mol. The van der Waals surface area contributed by atoms with Crippen LogP contribution < -0.4 is 0 Å². The normalized spacial score (nSPS) is 11.7. The van der Waals surface area contributed by atoms with E-state index in [1.54, 1.807) is 0 Å². The number of hydrogen-bond acceptors (Lipinski definition) is 4. The zero-order chi connectivity index (χ0) is 21.4. The van der Waals surface area contributed by atoms with E-state index in [0.717, 1.165) is 24.3 Å². The molecule has 0 bridgehead atoms. The highest BCUT2D eigenvalue weighted by atomic mass is 31.2. The second-order valence-corrected chi connectivity index (χ2v) is 11.7. The van der Waals surface area contributed by atoms with Crippen LogP contribution in [0, 0.1) is 0 Å². The second kappa shape index (κ2) is 10.7. The molecule has 0 aliphatic rings. The highest BCUT2D eigenvalue weighted by Crippen LogP contribution is 2.54. The second-order valence-electron chi connectivity index (χ2n) is 7.61. The van der Waals surface area contributed by atoms with Gasteiger partial charge in [-0.2, -0.15) is 0 Å². The molecule has 4 nitrogen and oxygen atoms in total. The quantitative estimate of drug-likeness (QED) is 0.403. The first-order valence-corrected chi connectivity index (χ1v) is 12.0. The number of rotatable bonds is 10. The summed E-state index contributed by atoms with van der Waals surface area (Å²) in [4.78, 5) is 26.9. The molecular formula is C24H33N2O2P. The number of unbranched alkanes of at least 4 members (excludes halogenated alkanes) is 1. The molecule has 0 saturated carbocycles. The molecule has 0 radical (unpaired) electrons. The van der Waals surface area contributed by atoms with Crippen molar-refractivity contribution in [3.8, 4) is 0 Å². The van der Waals surface area contributed by atoms with E-state index in [-0.39, 0.29) is 18.0 Å². The van der Waals surface area contributed by atoms with E-state index in [9.17, 15) is 9.59 Å². The zero-order valence-corrected chi connectivity index (χ0v) is 19.2. The number of hydrogen-bond donors (Lipinski definition) is 0. The lowest BCUT2D eigenvalue weighted by atomic mass is 10.0. The topological polar surface area (TPSA) is 40.6 Å². The first kappa shape index (κ1) is 23.3. The van der Waals surface area contributed by atoms with Gasteiger partial charge >= 0.3 is 0 Å². The van der Waals surface area contributed by atoms with Gasteiger partial charge in [0.1, 0.15) is 0 Å². The molecule has 2 rings (SSSR count). The summed E-state index contributed by atoms with van der Waals surface area (Å²) in [5.41, 5.74) is 1.30. The Balaban J connectivity index is 2.70. The maximum Gasteiger partial charge on any atom is 0.192 e. The summed E-state index contributed by atoms with van der Waals surface area (Å²) in [6.45, 7) is 2.16. The lowest BCUT2D eigenvalue weighted by molar-refractivity contribution is 0.0986. The fraction of sp³-hybridized carbons (Fsp3) is 0.375. The number of nitrogens with zero attached hydrogens (tertiary/aromatic N) is 2. The van der Waals surface area contributed by atoms with Gasteiger partial charge in [0.25, 0.3) is 0 Å². The van der Waals surface area contributed by atoms with Crippen LogP contribution in [0.1, 0.15) is 46.9 Å². The molecule has 0 aliphatic heterocycles. The smallest absolute Gasteiger partial charge is 0.192 e. The standard InChI is InChI=1S/C24H33N2O2P/c1-6-7-18-29(25(2)3,26(4)5)23(24(28)21-16-12-9-13-17-21)19-22(27)20-14-10-8-11-15-20/h8-17H,6-7,18-19H2,1-5H3. The molecule has 0 aliphatic carbocycles. The van der Waals surface area contributed by atoms with Crippen molar-refractivity contribution in [1.82, 2.24) is 9.34 Å². The first-order valence-electron chi connectivity index (χ1n) is 10.1. The molecule has 2 aromatic carbocycles. The molecule has 0 aromatic heterocycles. The van der Waals surface area contributed by atoms with Crippen LogP contribution in [-0.2, 0) is 0 Å². The van der Waals surface area contributed by atoms with Crippen LogP contribution >= 0.6 is 7.19 Å². The van der Waals surface area contributed by atoms with Gasteiger partial charge in [0, 0.05) is 30.0 Å². The summed E-state index contributed by atoms with van der Waals surface area (Å²) < 4.78 is 4.38. The Morgan fingerprint density at radius 3 is 1.72 bits per heavy atom. The lowest BCUT2D eigenvalue weighted by Gasteiger charge is -2.41. The number of carbonyl (C=O) groups is 2. The summed E-state index contributed by atoms with van der Waals surface area (Å²) in [6.07, 6.45) is 3.09. The van der Waals surface area contributed by atoms with Gasteiger partial charge in [0.2, 0.25) is 0 Å². The Bertz CT molecular complexity index is 862. The van der Waals surface area contributed by atoms with E-state index in [1.807, 2.05) is 88.9 Å². The van der Waals surface area contributed by atoms with E-state index in [0.29, 0.717) is 11.1 Å². The Kier molecular flexibility index (Phi) is 8.58. The van der Waals surface area contributed by atoms with Crippen LogP contribution in [0.25, 0.3) is 0 Å². The molecule has 0 saturated heterocycles. The third-order valence-electron chi connectivity index (χ3n) is 5.30. The molecular weight excluding hydrogens is 379 g/mol. The van der Waals surface area contributed by atoms with Crippen LogP contribution in [0.3, 0.4) is 0 Å². The average Bonchev–Trinajstić information content (AvgIpc) is 2.73. The van der Waals surface area contributed by atoms with E-state index in [2.05, 4.69) is 16.3 Å². The molecule has 0 N–H and O–H groups in total. The molecule has 2 aromatic rings. The fourth-order valence-corrected chi connectivity index (χ4v) is 8.12. The highest BCUT2D eigenvalue weighted by molar-refractivity contribution is 7.73. The highest BCUT2D eigenvalue weighted by Gasteiger charge is 2.33. The van der Waals surface area contributed by atoms with Crippen molar-refractivity contribution in [1.29, 1.82) is 0 Å². The number of Topliss-reactive ketones (excluding diaryl/α,β-unsaturated/α-hetero) is 2. The minimum absolute atomic E-state index is 0.00513. The fourth-order valence-electron chi connectivity index (χ4n) is 3.76. The van der Waals surface area contributed by atoms with Gasteiger partial charge in [0.05, 0.1) is 0 Å². The average molecular weight is 413 g/mol. The van der Waals surface area contributed by atoms with E-state index in [1.165, 1.54) is 0 Å². The van der Waals surface area contributed by atoms with Gasteiger partial charge in [0.15, 0.2) is 11.6 Å². The Morgan fingerprint density at radius 2 is 1.28 bits per heavy atom. The van der Waals surface area contributed by atoms with Crippen molar-refractivity contribution >= 4 is 24.0 Å². The summed E-state index contributed by atoms with van der Waals surface area (Å²) in [6, 6.07) is 18.6. The third kappa shape index (κ3) is 5.33. The molecule has 0 amide bonds. The SMILES string of the molecule is CCCCP(=C(CC(=O)c1ccccc1)C(=O)c1ccccc1)(N(C)C)N(C)C. The van der Waals surface area contributed by atoms with Gasteiger partial charge in [-0.05, 0) is 40.8 Å². The van der Waals surface area contributed by atoms with Gasteiger partial charge in [-0.1, -0.05) is 74.0 Å². The van der Waals surface area contributed by atoms with E-state index in [4.69, 9.17) is 0 Å². The van der Waals surface area contributed by atoms with Crippen LogP contribution in [0.2, 0.25) is 0 Å². The van der Waals surface area contributed by atoms with Crippen LogP contribution in [0.15, 0.2) is 60.7 Å². The molecule has 0 fully saturated rings. The van der Waals surface area contributed by atoms with Crippen molar-refractivity contribution in [2.45, 2.75) is 26.2 Å². The molecule has 0 atom stereocenters. The van der Waals surface area contributed by atoms with Crippen molar-refractivity contribution in [2.75, 3.05) is 34.4 Å². The van der Waals surface area contributed by atoms with Gasteiger partial charge in [-0.15, -0.1) is 0 Å². The molecule has 5 heteroatoms. The third-order valence-corrected chi connectivity index (χ3v) is 10.1. The molecule has 0 spiro atoms. The largest absolute Gasteiger partial charge is 0.294 e. The van der Waals surface area contributed by atoms with Crippen LogP contribution in [0.5, 0.6) is 0 Å². The summed E-state index contributed by atoms with van der Waals surface area (Å²) in [7, 11) is 6.00. The predicted molar refractivity (Wildman–Crippen MR) is 125 cm³/mol. The minimum atomic E-state index is -2.15. The Hall–Kier alpha value is -2.00. The van der Waals surface area contributed by atoms with Gasteiger partial charge in [-0.25, -0.2) is 0 Å². The van der Waals surface area contributed by atoms with Crippen molar-refractivity contribution in [3.05, 3.63) is 71.8 Å². The summed E-state index contributed by atoms with van der Waals surface area (Å²) in [5, 5.41) is 0.737. The Labute approximate surface area is 175 Å². The van der Waals surface area contributed by atoms with Crippen molar-refractivity contribution < 1.29 is 9.59 Å². The number of carbonyl (C=O) groups excluding carboxylic acids is 2. The number of benzene rings is 2. The van der Waals surface area contributed by atoms with Crippen LogP contribution in [0.4, 0.5) is 0 Å². The van der Waals surface area contributed by atoms with Gasteiger partial charge in [-0.3, -0.25) is 18.9 Å². The van der Waals surface area contributed by atoms with E-state index < -0.39 is 7.19 Å². The zero-order valence-electron chi connectivity index (χ0n) is 18.3. The molecule has 156 valence electrons. The Morgan fingerprint density at radius 1 is 0.793 bits per heavy atom. The van der Waals surface area contributed by atoms with Crippen LogP contribution in [-0.4, -0.2) is 60.6 Å². The maximum atomic E-state index is 13.7. The maximum absolute atomic E-state index is 13.7. The molecule has 29 heavy (non-hydrogen) atoms. The molecule has 0 heterocycles. The predicted octanol–water partition coefficient (Wildman–Crippen LogP) is 5.09. The molecule has 0 unspecified atom stereocenters. The minimum Gasteiger partial charge on any atom is -0.294 e. The van der Waals surface area contributed by atoms with Crippen molar-refractivity contribution in [2.24, 2.45) is 0 Å². The lowest BCUT2D eigenvalue weighted by Crippen LogP contribution is -2.33. The summed E-state index contributed by atoms with van der Waals surface area (Å²) >= 11 is 0. The number of ketones is 2. The van der Waals surface area contributed by atoms with Gasteiger partial charge < -0.3 is 0 Å².